The van der Waals surface area contributed by atoms with Crippen LogP contribution in [0.15, 0.2) is 52.5 Å². The van der Waals surface area contributed by atoms with Crippen molar-refractivity contribution in [2.45, 2.75) is 17.7 Å². The second-order valence-electron chi connectivity index (χ2n) is 5.98. The first-order valence-electron chi connectivity index (χ1n) is 8.27. The first-order valence-corrected chi connectivity index (χ1v) is 10.5. The smallest absolute Gasteiger partial charge is 0.267 e. The topological polar surface area (TPSA) is 78.8 Å². The molecule has 0 saturated carbocycles. The van der Waals surface area contributed by atoms with Crippen molar-refractivity contribution in [1.29, 1.82) is 0 Å². The maximum Gasteiger partial charge on any atom is 0.271 e. The van der Waals surface area contributed by atoms with Gasteiger partial charge < -0.3 is 0 Å². The fourth-order valence-electron chi connectivity index (χ4n) is 2.72. The Morgan fingerprint density at radius 3 is 2.56 bits per heavy atom. The first-order chi connectivity index (χ1) is 12.9. The number of nitrogens with zero attached hydrogens (tertiary/aromatic N) is 2. The number of nitrogens with one attached hydrogen (secondary N) is 1. The van der Waals surface area contributed by atoms with E-state index in [4.69, 9.17) is 23.2 Å². The maximum atomic E-state index is 12.6. The molecule has 1 heterocycles. The Morgan fingerprint density at radius 2 is 1.81 bits per heavy atom. The van der Waals surface area contributed by atoms with Crippen LogP contribution in [0, 0.1) is 0 Å². The number of hydrazone groups is 1. The number of hydrogen-bond donors (Lipinski definition) is 1. The number of halogens is 2. The predicted molar refractivity (Wildman–Crippen MR) is 106 cm³/mol. The van der Waals surface area contributed by atoms with Gasteiger partial charge in [-0.15, -0.1) is 0 Å². The summed E-state index contributed by atoms with van der Waals surface area (Å²) in [5, 5.41) is 4.57. The molecule has 0 unspecified atom stereocenters. The summed E-state index contributed by atoms with van der Waals surface area (Å²) in [5.74, 6) is -0.525. The Labute approximate surface area is 167 Å². The van der Waals surface area contributed by atoms with Gasteiger partial charge in [0.25, 0.3) is 5.91 Å². The van der Waals surface area contributed by atoms with Crippen LogP contribution in [0.5, 0.6) is 0 Å². The van der Waals surface area contributed by atoms with Gasteiger partial charge >= 0.3 is 0 Å². The third-order valence-corrected chi connectivity index (χ3v) is 6.88. The normalized spacial score (nSPS) is 15.3. The molecule has 9 heteroatoms. The highest BCUT2D eigenvalue weighted by atomic mass is 35.5. The van der Waals surface area contributed by atoms with Gasteiger partial charge in [0.1, 0.15) is 0 Å². The van der Waals surface area contributed by atoms with Gasteiger partial charge in [0.15, 0.2) is 0 Å². The molecular weight excluding hydrogens is 409 g/mol. The summed E-state index contributed by atoms with van der Waals surface area (Å²) in [6.45, 7) is 1.01. The number of carbonyl (C=O) groups is 1. The van der Waals surface area contributed by atoms with E-state index in [2.05, 4.69) is 10.5 Å². The summed E-state index contributed by atoms with van der Waals surface area (Å²) in [4.78, 5) is 12.4. The lowest BCUT2D eigenvalue weighted by Gasteiger charge is -2.15. The summed E-state index contributed by atoms with van der Waals surface area (Å²) in [7, 11) is -3.59. The van der Waals surface area contributed by atoms with Crippen LogP contribution >= 0.6 is 23.2 Å². The molecule has 2 aromatic rings. The summed E-state index contributed by atoms with van der Waals surface area (Å²) < 4.78 is 26.7. The predicted octanol–water partition coefficient (Wildman–Crippen LogP) is 3.54. The van der Waals surface area contributed by atoms with E-state index in [1.165, 1.54) is 34.8 Å². The molecule has 1 saturated heterocycles. The molecule has 142 valence electrons. The maximum absolute atomic E-state index is 12.6. The monoisotopic (exact) mass is 425 g/mol. The summed E-state index contributed by atoms with van der Waals surface area (Å²) in [6, 6.07) is 11.0. The van der Waals surface area contributed by atoms with Crippen molar-refractivity contribution < 1.29 is 13.2 Å². The van der Waals surface area contributed by atoms with Crippen LogP contribution < -0.4 is 5.43 Å². The lowest BCUT2D eigenvalue weighted by atomic mass is 10.2. The van der Waals surface area contributed by atoms with Crippen LogP contribution in [-0.2, 0) is 10.0 Å². The molecule has 0 aliphatic carbocycles. The van der Waals surface area contributed by atoms with E-state index in [1.54, 1.807) is 18.2 Å². The second kappa shape index (κ2) is 8.39. The fourth-order valence-corrected chi connectivity index (χ4v) is 4.64. The van der Waals surface area contributed by atoms with Gasteiger partial charge in [0.05, 0.1) is 21.2 Å². The second-order valence-corrected chi connectivity index (χ2v) is 8.70. The number of benzene rings is 2. The van der Waals surface area contributed by atoms with Crippen molar-refractivity contribution >= 4 is 45.3 Å². The van der Waals surface area contributed by atoms with Crippen molar-refractivity contribution in [3.05, 3.63) is 63.6 Å². The molecule has 0 aromatic heterocycles. The quantitative estimate of drug-likeness (QED) is 0.587. The zero-order chi connectivity index (χ0) is 19.4. The highest BCUT2D eigenvalue weighted by molar-refractivity contribution is 7.89. The van der Waals surface area contributed by atoms with E-state index < -0.39 is 15.9 Å². The molecule has 0 radical (unpaired) electrons. The molecule has 3 rings (SSSR count). The van der Waals surface area contributed by atoms with E-state index in [-0.39, 0.29) is 10.5 Å². The van der Waals surface area contributed by atoms with Crippen molar-refractivity contribution in [1.82, 2.24) is 9.73 Å². The van der Waals surface area contributed by atoms with Crippen molar-refractivity contribution in [2.24, 2.45) is 5.10 Å². The van der Waals surface area contributed by atoms with E-state index in [0.29, 0.717) is 28.7 Å². The SMILES string of the molecule is O=C(N/N=C/c1cccc(Cl)c1Cl)c1cccc(S(=O)(=O)N2CCCC2)c1. The molecule has 1 fully saturated rings. The number of amides is 1. The van der Waals surface area contributed by atoms with Crippen LogP contribution in [0.3, 0.4) is 0 Å². The third-order valence-electron chi connectivity index (χ3n) is 4.15. The van der Waals surface area contributed by atoms with Gasteiger partial charge in [-0.1, -0.05) is 41.4 Å². The largest absolute Gasteiger partial charge is 0.271 e. The summed E-state index contributed by atoms with van der Waals surface area (Å²) >= 11 is 12.0. The number of sulfonamides is 1. The molecule has 6 nitrogen and oxygen atoms in total. The van der Waals surface area contributed by atoms with Gasteiger partial charge in [0, 0.05) is 24.2 Å². The Hall–Kier alpha value is -1.93. The van der Waals surface area contributed by atoms with E-state index in [9.17, 15) is 13.2 Å². The summed E-state index contributed by atoms with van der Waals surface area (Å²) in [6.07, 6.45) is 3.07. The van der Waals surface area contributed by atoms with Crippen LogP contribution in [0.4, 0.5) is 0 Å². The first kappa shape index (κ1) is 19.8. The molecule has 1 N–H and O–H groups in total. The Kier molecular flexibility index (Phi) is 6.16. The summed E-state index contributed by atoms with van der Waals surface area (Å²) in [5.41, 5.74) is 3.11. The van der Waals surface area contributed by atoms with Gasteiger partial charge in [-0.05, 0) is 37.1 Å². The van der Waals surface area contributed by atoms with Crippen molar-refractivity contribution in [3.8, 4) is 0 Å². The molecule has 0 atom stereocenters. The lowest BCUT2D eigenvalue weighted by Crippen LogP contribution is -2.28. The standard InChI is InChI=1S/C18H17Cl2N3O3S/c19-16-8-4-6-14(17(16)20)12-21-22-18(24)13-5-3-7-15(11-13)27(25,26)23-9-1-2-10-23/h3-8,11-12H,1-2,9-10H2,(H,22,24)/b21-12+. The Morgan fingerprint density at radius 1 is 1.11 bits per heavy atom. The molecule has 2 aromatic carbocycles. The van der Waals surface area contributed by atoms with Crippen LogP contribution in [0.25, 0.3) is 0 Å². The fraction of sp³-hybridized carbons (Fsp3) is 0.222. The van der Waals surface area contributed by atoms with E-state index in [0.717, 1.165) is 12.8 Å². The minimum absolute atomic E-state index is 0.0962. The van der Waals surface area contributed by atoms with Crippen LogP contribution in [0.1, 0.15) is 28.8 Å². The Bertz CT molecular complexity index is 987. The van der Waals surface area contributed by atoms with E-state index in [1.807, 2.05) is 0 Å². The molecular formula is C18H17Cl2N3O3S. The lowest BCUT2D eigenvalue weighted by molar-refractivity contribution is 0.0955. The zero-order valence-electron chi connectivity index (χ0n) is 14.2. The van der Waals surface area contributed by atoms with Gasteiger partial charge in [-0.2, -0.15) is 9.41 Å². The highest BCUT2D eigenvalue weighted by Gasteiger charge is 2.27. The number of rotatable bonds is 5. The van der Waals surface area contributed by atoms with E-state index >= 15 is 0 Å². The minimum Gasteiger partial charge on any atom is -0.267 e. The molecule has 1 amide bonds. The Balaban J connectivity index is 1.74. The van der Waals surface area contributed by atoms with Crippen molar-refractivity contribution in [2.75, 3.05) is 13.1 Å². The van der Waals surface area contributed by atoms with Crippen LogP contribution in [-0.4, -0.2) is 37.9 Å². The average Bonchev–Trinajstić information content (AvgIpc) is 3.21. The van der Waals surface area contributed by atoms with Crippen molar-refractivity contribution in [3.63, 3.8) is 0 Å². The third kappa shape index (κ3) is 4.50. The minimum atomic E-state index is -3.59. The molecule has 0 bridgehead atoms. The van der Waals surface area contributed by atoms with Gasteiger partial charge in [-0.3, -0.25) is 4.79 Å². The molecule has 1 aliphatic rings. The average molecular weight is 426 g/mol. The molecule has 27 heavy (non-hydrogen) atoms. The molecule has 0 spiro atoms. The van der Waals surface area contributed by atoms with Gasteiger partial charge in [-0.25, -0.2) is 13.8 Å². The van der Waals surface area contributed by atoms with Gasteiger partial charge in [0.2, 0.25) is 10.0 Å². The zero-order valence-corrected chi connectivity index (χ0v) is 16.6. The molecule has 1 aliphatic heterocycles. The highest BCUT2D eigenvalue weighted by Crippen LogP contribution is 2.24. The van der Waals surface area contributed by atoms with Crippen LogP contribution in [0.2, 0.25) is 10.0 Å². The number of carbonyl (C=O) groups excluding carboxylic acids is 1. The number of hydrogen-bond acceptors (Lipinski definition) is 4.